The quantitative estimate of drug-likeness (QED) is 0.415. The van der Waals surface area contributed by atoms with Gasteiger partial charge in [0.25, 0.3) is 0 Å². The Morgan fingerprint density at radius 1 is 1.20 bits per heavy atom. The molecule has 156 valence electrons. The van der Waals surface area contributed by atoms with Crippen LogP contribution in [-0.2, 0) is 11.3 Å². The summed E-state index contributed by atoms with van der Waals surface area (Å²) in [7, 11) is 0. The third kappa shape index (κ3) is 5.16. The summed E-state index contributed by atoms with van der Waals surface area (Å²) in [6, 6.07) is 12.2. The molecule has 7 heteroatoms. The van der Waals surface area contributed by atoms with Gasteiger partial charge in [0.1, 0.15) is 5.82 Å². The highest BCUT2D eigenvalue weighted by atomic mass is 32.2. The summed E-state index contributed by atoms with van der Waals surface area (Å²) in [5.41, 5.74) is 4.26. The summed E-state index contributed by atoms with van der Waals surface area (Å²) in [6.45, 7) is 10.4. The first-order valence-corrected chi connectivity index (χ1v) is 10.7. The summed E-state index contributed by atoms with van der Waals surface area (Å²) < 4.78 is 15.1. The van der Waals surface area contributed by atoms with E-state index >= 15 is 0 Å². The first-order valence-electron chi connectivity index (χ1n) is 9.68. The number of allylic oxidation sites excluding steroid dienone is 1. The molecule has 3 aromatic rings. The number of hydrogen-bond donors (Lipinski definition) is 1. The minimum atomic E-state index is -0.308. The van der Waals surface area contributed by atoms with Crippen molar-refractivity contribution in [1.29, 1.82) is 0 Å². The zero-order valence-corrected chi connectivity index (χ0v) is 18.2. The lowest BCUT2D eigenvalue weighted by Gasteiger charge is -2.15. The summed E-state index contributed by atoms with van der Waals surface area (Å²) in [4.78, 5) is 12.5. The second-order valence-electron chi connectivity index (χ2n) is 7.13. The number of carbonyl (C=O) groups excluding carboxylic acids is 1. The van der Waals surface area contributed by atoms with Gasteiger partial charge < -0.3 is 5.32 Å². The van der Waals surface area contributed by atoms with E-state index in [1.165, 1.54) is 35.0 Å². The number of amides is 1. The predicted octanol–water partition coefficient (Wildman–Crippen LogP) is 4.86. The lowest BCUT2D eigenvalue weighted by atomic mass is 10.0. The molecule has 1 aromatic heterocycles. The molecule has 5 nitrogen and oxygen atoms in total. The van der Waals surface area contributed by atoms with Crippen LogP contribution in [0.1, 0.15) is 29.7 Å². The maximum atomic E-state index is 13.2. The zero-order chi connectivity index (χ0) is 21.7. The highest BCUT2D eigenvalue weighted by Gasteiger charge is 2.16. The molecular formula is C23H25FN4OS. The first kappa shape index (κ1) is 21.8. The Morgan fingerprint density at radius 2 is 1.93 bits per heavy atom. The summed E-state index contributed by atoms with van der Waals surface area (Å²) >= 11 is 1.31. The third-order valence-corrected chi connectivity index (χ3v) is 5.84. The number of benzene rings is 2. The molecule has 0 bridgehead atoms. The van der Waals surface area contributed by atoms with E-state index in [0.717, 1.165) is 11.1 Å². The van der Waals surface area contributed by atoms with Crippen LogP contribution in [0.5, 0.6) is 0 Å². The normalized spacial score (nSPS) is 11.9. The van der Waals surface area contributed by atoms with Crippen LogP contribution in [0.3, 0.4) is 0 Å². The molecule has 1 amide bonds. The standard InChI is InChI=1S/C23H25FN4OS/c1-5-12-28-22(18-8-10-20(24)11-9-18)26-27-23(28)30-14-21(29)25-17(4)19-7-6-15(2)16(3)13-19/h5-11,13,17H,1,12,14H2,2-4H3,(H,25,29)/t17-/m0/s1. The first-order chi connectivity index (χ1) is 14.4. The molecule has 3 rings (SSSR count). The highest BCUT2D eigenvalue weighted by molar-refractivity contribution is 7.99. The molecule has 0 saturated carbocycles. The minimum absolute atomic E-state index is 0.0813. The van der Waals surface area contributed by atoms with Crippen LogP contribution in [0, 0.1) is 19.7 Å². The molecule has 30 heavy (non-hydrogen) atoms. The van der Waals surface area contributed by atoms with Crippen molar-refractivity contribution in [3.8, 4) is 11.4 Å². The van der Waals surface area contributed by atoms with Crippen molar-refractivity contribution in [2.45, 2.75) is 38.5 Å². The summed E-state index contributed by atoms with van der Waals surface area (Å²) in [5, 5.41) is 12.1. The van der Waals surface area contributed by atoms with Gasteiger partial charge in [-0.3, -0.25) is 9.36 Å². The smallest absolute Gasteiger partial charge is 0.230 e. The minimum Gasteiger partial charge on any atom is -0.349 e. The number of rotatable bonds is 8. The lowest BCUT2D eigenvalue weighted by molar-refractivity contribution is -0.119. The number of halogens is 1. The Labute approximate surface area is 180 Å². The lowest BCUT2D eigenvalue weighted by Crippen LogP contribution is -2.28. The van der Waals surface area contributed by atoms with E-state index in [2.05, 4.69) is 48.1 Å². The third-order valence-electron chi connectivity index (χ3n) is 4.87. The molecule has 1 heterocycles. The Kier molecular flexibility index (Phi) is 7.05. The van der Waals surface area contributed by atoms with Crippen molar-refractivity contribution in [2.24, 2.45) is 0 Å². The maximum Gasteiger partial charge on any atom is 0.230 e. The van der Waals surface area contributed by atoms with E-state index in [9.17, 15) is 9.18 Å². The predicted molar refractivity (Wildman–Crippen MR) is 119 cm³/mol. The van der Waals surface area contributed by atoms with Crippen molar-refractivity contribution in [3.05, 3.63) is 77.6 Å². The average molecular weight is 425 g/mol. The van der Waals surface area contributed by atoms with Crippen LogP contribution in [-0.4, -0.2) is 26.4 Å². The van der Waals surface area contributed by atoms with Crippen molar-refractivity contribution in [3.63, 3.8) is 0 Å². The van der Waals surface area contributed by atoms with E-state index in [-0.39, 0.29) is 23.5 Å². The van der Waals surface area contributed by atoms with E-state index in [0.29, 0.717) is 17.5 Å². The molecule has 1 atom stereocenters. The zero-order valence-electron chi connectivity index (χ0n) is 17.4. The number of carbonyl (C=O) groups is 1. The molecule has 0 aliphatic carbocycles. The molecule has 0 aliphatic heterocycles. The molecule has 0 unspecified atom stereocenters. The molecular weight excluding hydrogens is 399 g/mol. The fourth-order valence-electron chi connectivity index (χ4n) is 3.03. The Hall–Kier alpha value is -2.93. The van der Waals surface area contributed by atoms with Crippen molar-refractivity contribution >= 4 is 17.7 Å². The van der Waals surface area contributed by atoms with Gasteiger partial charge in [0.15, 0.2) is 11.0 Å². The molecule has 0 saturated heterocycles. The van der Waals surface area contributed by atoms with Gasteiger partial charge in [-0.15, -0.1) is 16.8 Å². The molecule has 0 fully saturated rings. The van der Waals surface area contributed by atoms with Gasteiger partial charge in [-0.05, 0) is 61.7 Å². The Bertz CT molecular complexity index is 1050. The van der Waals surface area contributed by atoms with Crippen LogP contribution >= 0.6 is 11.8 Å². The SMILES string of the molecule is C=CCn1c(SCC(=O)N[C@@H](C)c2ccc(C)c(C)c2)nnc1-c1ccc(F)cc1. The average Bonchev–Trinajstić information content (AvgIpc) is 3.12. The van der Waals surface area contributed by atoms with E-state index in [4.69, 9.17) is 0 Å². The number of nitrogens with one attached hydrogen (secondary N) is 1. The van der Waals surface area contributed by atoms with E-state index in [1.54, 1.807) is 18.2 Å². The second-order valence-corrected chi connectivity index (χ2v) is 8.08. The Morgan fingerprint density at radius 3 is 2.60 bits per heavy atom. The summed E-state index contributed by atoms with van der Waals surface area (Å²) in [5.74, 6) is 0.439. The van der Waals surface area contributed by atoms with Crippen LogP contribution in [0.25, 0.3) is 11.4 Å². The highest BCUT2D eigenvalue weighted by Crippen LogP contribution is 2.24. The number of hydrogen-bond acceptors (Lipinski definition) is 4. The molecule has 0 radical (unpaired) electrons. The van der Waals surface area contributed by atoms with Gasteiger partial charge in [0.2, 0.25) is 5.91 Å². The number of nitrogens with zero attached hydrogens (tertiary/aromatic N) is 3. The fraction of sp³-hybridized carbons (Fsp3) is 0.261. The summed E-state index contributed by atoms with van der Waals surface area (Å²) in [6.07, 6.45) is 1.74. The van der Waals surface area contributed by atoms with Gasteiger partial charge in [-0.25, -0.2) is 4.39 Å². The van der Waals surface area contributed by atoms with E-state index in [1.807, 2.05) is 17.6 Å². The molecule has 0 aliphatic rings. The van der Waals surface area contributed by atoms with Crippen molar-refractivity contribution in [2.75, 3.05) is 5.75 Å². The largest absolute Gasteiger partial charge is 0.349 e. The van der Waals surface area contributed by atoms with Gasteiger partial charge in [-0.2, -0.15) is 0 Å². The second kappa shape index (κ2) is 9.71. The van der Waals surface area contributed by atoms with Crippen LogP contribution < -0.4 is 5.32 Å². The van der Waals surface area contributed by atoms with Crippen LogP contribution in [0.4, 0.5) is 4.39 Å². The van der Waals surface area contributed by atoms with Crippen molar-refractivity contribution < 1.29 is 9.18 Å². The maximum absolute atomic E-state index is 13.2. The monoisotopic (exact) mass is 424 g/mol. The number of aromatic nitrogens is 3. The van der Waals surface area contributed by atoms with Gasteiger partial charge in [0, 0.05) is 12.1 Å². The molecule has 2 aromatic carbocycles. The number of aryl methyl sites for hydroxylation is 2. The molecule has 0 spiro atoms. The van der Waals surface area contributed by atoms with Gasteiger partial charge in [0.05, 0.1) is 11.8 Å². The van der Waals surface area contributed by atoms with Crippen LogP contribution in [0.15, 0.2) is 60.3 Å². The number of thioether (sulfide) groups is 1. The van der Waals surface area contributed by atoms with Gasteiger partial charge in [-0.1, -0.05) is 36.0 Å². The van der Waals surface area contributed by atoms with Crippen molar-refractivity contribution in [1.82, 2.24) is 20.1 Å². The van der Waals surface area contributed by atoms with E-state index < -0.39 is 0 Å². The molecule has 1 N–H and O–H groups in total. The fourth-order valence-corrected chi connectivity index (χ4v) is 3.79. The van der Waals surface area contributed by atoms with Gasteiger partial charge >= 0.3 is 0 Å². The Balaban J connectivity index is 1.67. The van der Waals surface area contributed by atoms with Crippen LogP contribution in [0.2, 0.25) is 0 Å². The topological polar surface area (TPSA) is 59.8 Å².